The Kier molecular flexibility index (Phi) is 4.43. The molecule has 0 N–H and O–H groups in total. The zero-order valence-corrected chi connectivity index (χ0v) is 15.5. The van der Waals surface area contributed by atoms with Crippen LogP contribution in [0, 0.1) is 4.77 Å². The highest BCUT2D eigenvalue weighted by atomic mass is 35.5. The van der Waals surface area contributed by atoms with Crippen LogP contribution in [0.2, 0.25) is 5.02 Å². The van der Waals surface area contributed by atoms with E-state index in [2.05, 4.69) is 10.4 Å². The van der Waals surface area contributed by atoms with E-state index in [1.165, 1.54) is 23.6 Å². The lowest BCUT2D eigenvalue weighted by atomic mass is 10.0. The molecule has 0 spiro atoms. The van der Waals surface area contributed by atoms with Crippen molar-refractivity contribution in [3.8, 4) is 17.2 Å². The van der Waals surface area contributed by atoms with E-state index in [1.54, 1.807) is 12.1 Å². The molecule has 0 unspecified atom stereocenters. The van der Waals surface area contributed by atoms with Gasteiger partial charge in [0.15, 0.2) is 5.78 Å². The molecule has 26 heavy (non-hydrogen) atoms. The fourth-order valence-corrected chi connectivity index (χ4v) is 3.63. The Morgan fingerprint density at radius 1 is 1.27 bits per heavy atom. The van der Waals surface area contributed by atoms with Crippen LogP contribution < -0.4 is 9.47 Å². The van der Waals surface area contributed by atoms with Gasteiger partial charge in [-0.2, -0.15) is 4.68 Å². The normalized spacial score (nSPS) is 24.7. The number of nitrogens with zero attached hydrogens (tertiary/aromatic N) is 4. The number of ether oxygens (including phenoxy) is 4. The number of fused-ring (bicyclic) bond motifs is 2. The summed E-state index contributed by atoms with van der Waals surface area (Å²) in [4.78, 5) is 12.0. The fourth-order valence-electron chi connectivity index (χ4n) is 3.09. The molecule has 1 aromatic carbocycles. The van der Waals surface area contributed by atoms with E-state index in [4.69, 9.17) is 42.8 Å². The number of carbonyl (C=O) groups excluding carboxylic acids is 1. The second-order valence-electron chi connectivity index (χ2n) is 5.85. The molecule has 2 aliphatic heterocycles. The van der Waals surface area contributed by atoms with Crippen molar-refractivity contribution >= 4 is 29.6 Å². The van der Waals surface area contributed by atoms with Gasteiger partial charge in [-0.25, -0.2) is 4.68 Å². The monoisotopic (exact) mass is 398 g/mol. The van der Waals surface area contributed by atoms with E-state index >= 15 is 0 Å². The molecular formula is C15H15ClN4O5S. The topological polar surface area (TPSA) is 89.6 Å². The minimum absolute atomic E-state index is 0.133. The molecule has 1 aromatic heterocycles. The minimum atomic E-state index is -0.777. The Morgan fingerprint density at radius 3 is 2.77 bits per heavy atom. The van der Waals surface area contributed by atoms with Crippen LogP contribution in [0.1, 0.15) is 12.5 Å². The van der Waals surface area contributed by atoms with Crippen LogP contribution in [0.5, 0.6) is 11.5 Å². The number of ketones is 1. The molecule has 9 nitrogen and oxygen atoms in total. The highest BCUT2D eigenvalue weighted by molar-refractivity contribution is 7.71. The molecule has 0 radical (unpaired) electrons. The van der Waals surface area contributed by atoms with Gasteiger partial charge in [0.25, 0.3) is 0 Å². The average molecular weight is 399 g/mol. The maximum absolute atomic E-state index is 12.0. The number of benzene rings is 1. The molecule has 3 atom stereocenters. The van der Waals surface area contributed by atoms with E-state index in [9.17, 15) is 4.79 Å². The van der Waals surface area contributed by atoms with Gasteiger partial charge in [-0.1, -0.05) is 11.6 Å². The second-order valence-corrected chi connectivity index (χ2v) is 6.63. The number of carbonyl (C=O) groups is 1. The van der Waals surface area contributed by atoms with Crippen molar-refractivity contribution in [1.29, 1.82) is 0 Å². The largest absolute Gasteiger partial charge is 0.495 e. The zero-order chi connectivity index (χ0) is 18.4. The van der Waals surface area contributed by atoms with Crippen LogP contribution in [0.15, 0.2) is 12.1 Å². The van der Waals surface area contributed by atoms with Gasteiger partial charge in [0.05, 0.1) is 31.9 Å². The van der Waals surface area contributed by atoms with Gasteiger partial charge < -0.3 is 18.9 Å². The van der Waals surface area contributed by atoms with Gasteiger partial charge in [-0.3, -0.25) is 4.79 Å². The Bertz CT molecular complexity index is 929. The molecule has 0 aliphatic carbocycles. The minimum Gasteiger partial charge on any atom is -0.495 e. The number of aromatic nitrogens is 4. The second kappa shape index (κ2) is 6.62. The van der Waals surface area contributed by atoms with E-state index < -0.39 is 6.29 Å². The molecule has 3 heterocycles. The predicted molar refractivity (Wildman–Crippen MR) is 91.6 cm³/mol. The number of rotatable bonds is 4. The summed E-state index contributed by atoms with van der Waals surface area (Å²) < 4.78 is 24.7. The fraction of sp³-hybridized carbons (Fsp3) is 0.467. The van der Waals surface area contributed by atoms with Gasteiger partial charge in [0.1, 0.15) is 23.3 Å². The van der Waals surface area contributed by atoms with Crippen molar-refractivity contribution in [3.63, 3.8) is 0 Å². The van der Waals surface area contributed by atoms with Crippen molar-refractivity contribution in [1.82, 2.24) is 19.8 Å². The third kappa shape index (κ3) is 2.69. The zero-order valence-electron chi connectivity index (χ0n) is 13.9. The van der Waals surface area contributed by atoms with Gasteiger partial charge in [-0.15, -0.1) is 0 Å². The van der Waals surface area contributed by atoms with Crippen LogP contribution in [0.4, 0.5) is 0 Å². The highest BCUT2D eigenvalue weighted by Crippen LogP contribution is 2.36. The van der Waals surface area contributed by atoms with Crippen LogP contribution >= 0.6 is 23.8 Å². The highest BCUT2D eigenvalue weighted by Gasteiger charge is 2.45. The molecule has 11 heteroatoms. The standard InChI is InChI=1S/C15H15ClN4O5S/c1-22-11-5-9(12(23-2)3-7(11)16)20-15(26)19(17-18-20)8-4-10(21)14-24-6-13(8)25-14/h3,5,8,13-14H,4,6H2,1-2H3/t8-,13+,14+/m1/s1. The molecule has 2 bridgehead atoms. The van der Waals surface area contributed by atoms with E-state index in [0.29, 0.717) is 33.6 Å². The molecule has 0 amide bonds. The van der Waals surface area contributed by atoms with Crippen LogP contribution in [0.3, 0.4) is 0 Å². The molecule has 2 fully saturated rings. The maximum Gasteiger partial charge on any atom is 0.221 e. The first-order valence-corrected chi connectivity index (χ1v) is 8.58. The summed E-state index contributed by atoms with van der Waals surface area (Å²) in [7, 11) is 3.02. The summed E-state index contributed by atoms with van der Waals surface area (Å²) in [6, 6.07) is 2.90. The van der Waals surface area contributed by atoms with E-state index in [-0.39, 0.29) is 24.3 Å². The Labute approximate surface area is 158 Å². The third-order valence-electron chi connectivity index (χ3n) is 4.41. The van der Waals surface area contributed by atoms with Crippen molar-refractivity contribution in [2.75, 3.05) is 20.8 Å². The van der Waals surface area contributed by atoms with Gasteiger partial charge >= 0.3 is 0 Å². The quantitative estimate of drug-likeness (QED) is 0.719. The molecule has 4 rings (SSSR count). The van der Waals surface area contributed by atoms with Crippen molar-refractivity contribution in [2.45, 2.75) is 24.9 Å². The SMILES string of the molecule is COc1cc(-n2nnn([C@@H]3CC(=O)[C@H]4OC[C@@H]3O4)c2=S)c(OC)cc1Cl. The van der Waals surface area contributed by atoms with Crippen LogP contribution in [-0.4, -0.2) is 58.8 Å². The lowest BCUT2D eigenvalue weighted by Crippen LogP contribution is -2.37. The van der Waals surface area contributed by atoms with Crippen molar-refractivity contribution in [3.05, 3.63) is 21.9 Å². The number of tetrazole rings is 1. The van der Waals surface area contributed by atoms with E-state index in [1.807, 2.05) is 0 Å². The number of hydrogen-bond donors (Lipinski definition) is 0. The van der Waals surface area contributed by atoms with Crippen LogP contribution in [-0.2, 0) is 14.3 Å². The Morgan fingerprint density at radius 2 is 2.04 bits per heavy atom. The molecular weight excluding hydrogens is 384 g/mol. The van der Waals surface area contributed by atoms with Gasteiger partial charge in [0.2, 0.25) is 11.1 Å². The molecule has 138 valence electrons. The van der Waals surface area contributed by atoms with E-state index in [0.717, 1.165) is 0 Å². The number of methoxy groups -OCH3 is 2. The molecule has 2 aromatic rings. The lowest BCUT2D eigenvalue weighted by Gasteiger charge is -2.25. The summed E-state index contributed by atoms with van der Waals surface area (Å²) in [5, 5.41) is 8.65. The first-order valence-electron chi connectivity index (χ1n) is 7.79. The summed E-state index contributed by atoms with van der Waals surface area (Å²) in [5.74, 6) is 0.771. The Balaban J connectivity index is 1.77. The lowest BCUT2D eigenvalue weighted by molar-refractivity contribution is -0.156. The number of halogens is 1. The number of Topliss-reactive ketones (excluding diaryl/α,β-unsaturated/α-hetero) is 1. The predicted octanol–water partition coefficient (Wildman–Crippen LogP) is 1.72. The van der Waals surface area contributed by atoms with Gasteiger partial charge in [-0.05, 0) is 22.6 Å². The first-order chi connectivity index (χ1) is 12.5. The van der Waals surface area contributed by atoms with Gasteiger partial charge in [0, 0.05) is 18.6 Å². The smallest absolute Gasteiger partial charge is 0.221 e. The van der Waals surface area contributed by atoms with Crippen LogP contribution in [0.25, 0.3) is 5.69 Å². The summed E-state index contributed by atoms with van der Waals surface area (Å²) >= 11 is 11.7. The van der Waals surface area contributed by atoms with Crippen molar-refractivity contribution < 1.29 is 23.7 Å². The molecule has 0 saturated carbocycles. The third-order valence-corrected chi connectivity index (χ3v) is 5.07. The maximum atomic E-state index is 12.0. The summed E-state index contributed by atoms with van der Waals surface area (Å²) in [6.07, 6.45) is -0.846. The first kappa shape index (κ1) is 17.4. The Hall–Kier alpha value is -2.01. The summed E-state index contributed by atoms with van der Waals surface area (Å²) in [6.45, 7) is 0.313. The molecule has 2 aliphatic rings. The molecule has 2 saturated heterocycles. The van der Waals surface area contributed by atoms with Crippen molar-refractivity contribution in [2.24, 2.45) is 0 Å². The summed E-state index contributed by atoms with van der Waals surface area (Å²) in [5.41, 5.74) is 0.522. The number of hydrogen-bond acceptors (Lipinski definition) is 8. The average Bonchev–Trinajstić information content (AvgIpc) is 3.23.